The second kappa shape index (κ2) is 10.2. The number of aromatic nitrogens is 1. The van der Waals surface area contributed by atoms with Gasteiger partial charge in [0.2, 0.25) is 0 Å². The van der Waals surface area contributed by atoms with Gasteiger partial charge in [-0.05, 0) is 68.7 Å². The smallest absolute Gasteiger partial charge is 0.254 e. The lowest BCUT2D eigenvalue weighted by molar-refractivity contribution is 0.0669. The van der Waals surface area contributed by atoms with Gasteiger partial charge in [-0.15, -0.1) is 11.3 Å². The zero-order chi connectivity index (χ0) is 21.7. The Morgan fingerprint density at radius 1 is 1.20 bits per heavy atom. The minimum atomic E-state index is 0.0200. The molecule has 0 spiro atoms. The lowest BCUT2D eigenvalue weighted by atomic mass is 10.1. The predicted molar refractivity (Wildman–Crippen MR) is 126 cm³/mol. The van der Waals surface area contributed by atoms with Crippen molar-refractivity contribution in [2.24, 2.45) is 0 Å². The number of nitrogens with zero attached hydrogens (tertiary/aromatic N) is 2. The van der Waals surface area contributed by atoms with Gasteiger partial charge in [0.15, 0.2) is 0 Å². The third-order valence-electron chi connectivity index (χ3n) is 5.23. The second-order valence-corrected chi connectivity index (χ2v) is 9.33. The molecule has 0 radical (unpaired) electrons. The van der Waals surface area contributed by atoms with Crippen LogP contribution >= 0.6 is 27.3 Å². The summed E-state index contributed by atoms with van der Waals surface area (Å²) in [5, 5.41) is 2.92. The number of rotatable bonds is 8. The molecule has 0 unspecified atom stereocenters. The van der Waals surface area contributed by atoms with Crippen LogP contribution in [0.4, 0.5) is 0 Å². The number of ether oxygens (including phenoxy) is 1. The molecule has 3 rings (SSSR count). The largest absolute Gasteiger partial charge is 0.486 e. The molecule has 1 aromatic heterocycles. The molecule has 0 aliphatic rings. The van der Waals surface area contributed by atoms with E-state index in [9.17, 15) is 4.79 Å². The van der Waals surface area contributed by atoms with Crippen molar-refractivity contribution < 1.29 is 9.53 Å². The van der Waals surface area contributed by atoms with E-state index in [0.717, 1.165) is 27.3 Å². The number of aryl methyl sites for hydroxylation is 2. The van der Waals surface area contributed by atoms with Crippen LogP contribution in [0, 0.1) is 13.8 Å². The highest BCUT2D eigenvalue weighted by molar-refractivity contribution is 9.10. The Morgan fingerprint density at radius 3 is 2.70 bits per heavy atom. The Balaban J connectivity index is 1.69. The van der Waals surface area contributed by atoms with Crippen molar-refractivity contribution >= 4 is 33.2 Å². The average Bonchev–Trinajstić information content (AvgIpc) is 3.19. The molecule has 0 aliphatic carbocycles. The maximum Gasteiger partial charge on any atom is 0.254 e. The van der Waals surface area contributed by atoms with Gasteiger partial charge in [-0.25, -0.2) is 4.98 Å². The fourth-order valence-electron chi connectivity index (χ4n) is 3.05. The summed E-state index contributed by atoms with van der Waals surface area (Å²) >= 11 is 5.02. The molecule has 0 N–H and O–H groups in total. The summed E-state index contributed by atoms with van der Waals surface area (Å²) in [7, 11) is 0. The fraction of sp³-hybridized carbons (Fsp3) is 0.333. The van der Waals surface area contributed by atoms with E-state index >= 15 is 0 Å². The molecule has 1 heterocycles. The number of hydrogen-bond donors (Lipinski definition) is 0. The van der Waals surface area contributed by atoms with Crippen LogP contribution in [0.3, 0.4) is 0 Å². The van der Waals surface area contributed by atoms with Gasteiger partial charge in [0.05, 0.1) is 12.2 Å². The minimum Gasteiger partial charge on any atom is -0.486 e. The van der Waals surface area contributed by atoms with E-state index in [1.807, 2.05) is 46.7 Å². The van der Waals surface area contributed by atoms with E-state index in [1.54, 1.807) is 11.3 Å². The number of benzene rings is 2. The maximum atomic E-state index is 13.1. The SMILES string of the molecule is CC[C@H](C)N(Cc1csc(COc2ccc(C)c(C)c2)n1)C(=O)c1cccc(Br)c1. The zero-order valence-corrected chi connectivity index (χ0v) is 20.2. The van der Waals surface area contributed by atoms with Crippen LogP contribution in [0.2, 0.25) is 0 Å². The Bertz CT molecular complexity index is 1020. The molecule has 30 heavy (non-hydrogen) atoms. The molecule has 2 aromatic carbocycles. The van der Waals surface area contributed by atoms with E-state index in [2.05, 4.69) is 49.7 Å². The van der Waals surface area contributed by atoms with Gasteiger partial charge in [0.25, 0.3) is 5.91 Å². The van der Waals surface area contributed by atoms with Crippen molar-refractivity contribution in [3.05, 3.63) is 79.7 Å². The summed E-state index contributed by atoms with van der Waals surface area (Å²) < 4.78 is 6.81. The molecule has 4 nitrogen and oxygen atoms in total. The maximum absolute atomic E-state index is 13.1. The summed E-state index contributed by atoms with van der Waals surface area (Å²) in [6.07, 6.45) is 0.882. The lowest BCUT2D eigenvalue weighted by Gasteiger charge is -2.28. The summed E-state index contributed by atoms with van der Waals surface area (Å²) in [6.45, 7) is 9.25. The normalized spacial score (nSPS) is 11.9. The van der Waals surface area contributed by atoms with Crippen LogP contribution in [0.15, 0.2) is 52.3 Å². The fourth-order valence-corrected chi connectivity index (χ4v) is 4.14. The van der Waals surface area contributed by atoms with Crippen molar-refractivity contribution in [1.29, 1.82) is 0 Å². The predicted octanol–water partition coefficient (Wildman–Crippen LogP) is 6.54. The van der Waals surface area contributed by atoms with E-state index in [0.29, 0.717) is 18.7 Å². The van der Waals surface area contributed by atoms with Crippen LogP contribution in [-0.4, -0.2) is 21.8 Å². The van der Waals surface area contributed by atoms with E-state index in [4.69, 9.17) is 9.72 Å². The van der Waals surface area contributed by atoms with Gasteiger partial charge in [-0.2, -0.15) is 0 Å². The van der Waals surface area contributed by atoms with Crippen molar-refractivity contribution in [3.63, 3.8) is 0 Å². The number of halogens is 1. The lowest BCUT2D eigenvalue weighted by Crippen LogP contribution is -2.37. The second-order valence-electron chi connectivity index (χ2n) is 7.47. The number of hydrogen-bond acceptors (Lipinski definition) is 4. The molecule has 0 saturated carbocycles. The number of carbonyl (C=O) groups excluding carboxylic acids is 1. The third kappa shape index (κ3) is 5.70. The van der Waals surface area contributed by atoms with E-state index in [-0.39, 0.29) is 11.9 Å². The molecule has 1 amide bonds. The Morgan fingerprint density at radius 2 is 2.00 bits per heavy atom. The van der Waals surface area contributed by atoms with Crippen molar-refractivity contribution in [3.8, 4) is 5.75 Å². The van der Waals surface area contributed by atoms with Crippen LogP contribution < -0.4 is 4.74 Å². The summed E-state index contributed by atoms with van der Waals surface area (Å²) in [5.74, 6) is 0.868. The first-order valence-corrected chi connectivity index (χ1v) is 11.7. The van der Waals surface area contributed by atoms with Crippen molar-refractivity contribution in [1.82, 2.24) is 9.88 Å². The minimum absolute atomic E-state index is 0.0200. The molecule has 1 atom stereocenters. The first kappa shape index (κ1) is 22.5. The van der Waals surface area contributed by atoms with Crippen molar-refractivity contribution in [2.75, 3.05) is 0 Å². The Labute approximate surface area is 191 Å². The number of amides is 1. The van der Waals surface area contributed by atoms with Gasteiger partial charge < -0.3 is 9.64 Å². The molecular formula is C24H27BrN2O2S. The molecule has 0 saturated heterocycles. The zero-order valence-electron chi connectivity index (χ0n) is 17.8. The number of thiazole rings is 1. The molecule has 158 valence electrons. The first-order chi connectivity index (χ1) is 14.4. The van der Waals surface area contributed by atoms with Crippen LogP contribution in [-0.2, 0) is 13.2 Å². The quantitative estimate of drug-likeness (QED) is 0.362. The van der Waals surface area contributed by atoms with Gasteiger partial charge in [0.1, 0.15) is 17.4 Å². The highest BCUT2D eigenvalue weighted by Crippen LogP contribution is 2.21. The van der Waals surface area contributed by atoms with Gasteiger partial charge in [0, 0.05) is 21.5 Å². The standard InChI is InChI=1S/C24H27BrN2O2S/c1-5-18(4)27(24(28)19-7-6-8-20(25)12-19)13-21-15-30-23(26-21)14-29-22-10-9-16(2)17(3)11-22/h6-12,15,18H,5,13-14H2,1-4H3/t18-/m0/s1. The van der Waals surface area contributed by atoms with E-state index in [1.165, 1.54) is 11.1 Å². The molecule has 0 aliphatic heterocycles. The van der Waals surface area contributed by atoms with Gasteiger partial charge >= 0.3 is 0 Å². The first-order valence-electron chi connectivity index (χ1n) is 10.1. The highest BCUT2D eigenvalue weighted by atomic mass is 79.9. The average molecular weight is 487 g/mol. The molecular weight excluding hydrogens is 460 g/mol. The summed E-state index contributed by atoms with van der Waals surface area (Å²) in [6, 6.07) is 13.7. The topological polar surface area (TPSA) is 42.4 Å². The summed E-state index contributed by atoms with van der Waals surface area (Å²) in [4.78, 5) is 19.7. The molecule has 0 fully saturated rings. The number of carbonyl (C=O) groups is 1. The van der Waals surface area contributed by atoms with Crippen LogP contribution in [0.1, 0.15) is 52.5 Å². The van der Waals surface area contributed by atoms with Gasteiger partial charge in [-0.1, -0.05) is 35.0 Å². The monoisotopic (exact) mass is 486 g/mol. The summed E-state index contributed by atoms with van der Waals surface area (Å²) in [5.41, 5.74) is 4.03. The molecule has 6 heteroatoms. The van der Waals surface area contributed by atoms with Crippen LogP contribution in [0.25, 0.3) is 0 Å². The van der Waals surface area contributed by atoms with E-state index < -0.39 is 0 Å². The van der Waals surface area contributed by atoms with Gasteiger partial charge in [-0.3, -0.25) is 4.79 Å². The highest BCUT2D eigenvalue weighted by Gasteiger charge is 2.22. The Kier molecular flexibility index (Phi) is 7.67. The molecule has 0 bridgehead atoms. The van der Waals surface area contributed by atoms with Crippen LogP contribution in [0.5, 0.6) is 5.75 Å². The van der Waals surface area contributed by atoms with Crippen molar-refractivity contribution in [2.45, 2.75) is 53.3 Å². The molecule has 3 aromatic rings. The Hall–Kier alpha value is -2.18. The third-order valence-corrected chi connectivity index (χ3v) is 6.59.